The summed E-state index contributed by atoms with van der Waals surface area (Å²) in [6.45, 7) is 2.07. The number of sulfonamides is 1. The van der Waals surface area contributed by atoms with E-state index in [1.165, 1.54) is 17.7 Å². The normalized spacial score (nSPS) is 11.1. The van der Waals surface area contributed by atoms with E-state index in [9.17, 15) is 18.0 Å². The number of hydrogen-bond donors (Lipinski definition) is 3. The van der Waals surface area contributed by atoms with Gasteiger partial charge in [0.2, 0.25) is 15.9 Å². The van der Waals surface area contributed by atoms with Crippen LogP contribution in [-0.2, 0) is 27.7 Å². The molecule has 0 aliphatic carbocycles. The maximum Gasteiger partial charge on any atom is 0.269 e. The van der Waals surface area contributed by atoms with Gasteiger partial charge >= 0.3 is 0 Å². The topological polar surface area (TPSA) is 118 Å². The number of hydrogen-bond acceptors (Lipinski definition) is 4. The van der Waals surface area contributed by atoms with Crippen molar-refractivity contribution in [1.29, 1.82) is 0 Å². The molecular formula is C18H20ClN3O4S. The first kappa shape index (κ1) is 20.9. The summed E-state index contributed by atoms with van der Waals surface area (Å²) in [5.41, 5.74) is 6.76. The molecule has 0 bridgehead atoms. The summed E-state index contributed by atoms with van der Waals surface area (Å²) in [5.74, 6) is -1.05. The van der Waals surface area contributed by atoms with Crippen LogP contribution in [0.15, 0.2) is 47.4 Å². The first-order valence-electron chi connectivity index (χ1n) is 8.20. The van der Waals surface area contributed by atoms with Gasteiger partial charge in [0.25, 0.3) is 5.91 Å². The molecule has 0 saturated heterocycles. The van der Waals surface area contributed by atoms with Crippen LogP contribution in [-0.4, -0.2) is 20.2 Å². The fourth-order valence-corrected chi connectivity index (χ4v) is 3.39. The summed E-state index contributed by atoms with van der Waals surface area (Å²) < 4.78 is 22.9. The van der Waals surface area contributed by atoms with E-state index in [0.717, 1.165) is 18.1 Å². The second kappa shape index (κ2) is 8.98. The van der Waals surface area contributed by atoms with Crippen molar-refractivity contribution in [3.8, 4) is 0 Å². The molecule has 27 heavy (non-hydrogen) atoms. The van der Waals surface area contributed by atoms with Crippen LogP contribution in [0, 0.1) is 0 Å². The predicted molar refractivity (Wildman–Crippen MR) is 103 cm³/mol. The van der Waals surface area contributed by atoms with Crippen LogP contribution in [0.2, 0.25) is 5.02 Å². The smallest absolute Gasteiger partial charge is 0.269 e. The number of primary sulfonamides is 1. The van der Waals surface area contributed by atoms with Gasteiger partial charge in [0.05, 0.1) is 5.02 Å². The highest BCUT2D eigenvalue weighted by Gasteiger charge is 2.16. The number of nitrogens with two attached hydrogens (primary N) is 1. The molecule has 0 heterocycles. The number of aryl methyl sites for hydroxylation is 2. The molecule has 0 radical (unpaired) electrons. The molecule has 2 aromatic carbocycles. The van der Waals surface area contributed by atoms with Gasteiger partial charge in [-0.15, -0.1) is 0 Å². The Morgan fingerprint density at radius 3 is 2.26 bits per heavy atom. The molecule has 2 rings (SSSR count). The van der Waals surface area contributed by atoms with Crippen molar-refractivity contribution in [3.05, 3.63) is 64.2 Å². The molecule has 4 N–H and O–H groups in total. The maximum absolute atomic E-state index is 12.1. The Balaban J connectivity index is 1.90. The second-order valence-corrected chi connectivity index (χ2v) is 7.80. The molecule has 0 unspecified atom stereocenters. The summed E-state index contributed by atoms with van der Waals surface area (Å²) in [4.78, 5) is 23.6. The Hall–Kier alpha value is -2.42. The van der Waals surface area contributed by atoms with Gasteiger partial charge in [-0.05, 0) is 42.2 Å². The first-order chi connectivity index (χ1) is 12.7. The lowest BCUT2D eigenvalue weighted by molar-refractivity contribution is -0.121. The number of amides is 2. The Kier molecular flexibility index (Phi) is 6.95. The van der Waals surface area contributed by atoms with Crippen LogP contribution in [0.25, 0.3) is 0 Å². The van der Waals surface area contributed by atoms with Gasteiger partial charge in [0, 0.05) is 12.0 Å². The Morgan fingerprint density at radius 1 is 1.04 bits per heavy atom. The molecule has 0 fully saturated rings. The van der Waals surface area contributed by atoms with Crippen molar-refractivity contribution < 1.29 is 18.0 Å². The van der Waals surface area contributed by atoms with Crippen molar-refractivity contribution in [1.82, 2.24) is 10.9 Å². The third-order valence-corrected chi connectivity index (χ3v) is 5.28. The number of halogens is 1. The summed E-state index contributed by atoms with van der Waals surface area (Å²) in [7, 11) is -4.06. The van der Waals surface area contributed by atoms with Crippen LogP contribution >= 0.6 is 11.6 Å². The van der Waals surface area contributed by atoms with Crippen LogP contribution in [0.1, 0.15) is 34.8 Å². The van der Waals surface area contributed by atoms with Crippen molar-refractivity contribution in [2.45, 2.75) is 31.1 Å². The van der Waals surface area contributed by atoms with Crippen molar-refractivity contribution in [2.24, 2.45) is 5.14 Å². The van der Waals surface area contributed by atoms with E-state index in [4.69, 9.17) is 16.7 Å². The van der Waals surface area contributed by atoms with E-state index < -0.39 is 15.9 Å². The molecule has 0 aromatic heterocycles. The number of benzene rings is 2. The number of rotatable bonds is 6. The van der Waals surface area contributed by atoms with E-state index in [2.05, 4.69) is 17.8 Å². The number of carbonyl (C=O) groups is 2. The summed E-state index contributed by atoms with van der Waals surface area (Å²) in [6, 6.07) is 11.6. The van der Waals surface area contributed by atoms with Gasteiger partial charge < -0.3 is 0 Å². The highest BCUT2D eigenvalue weighted by atomic mass is 35.5. The Bertz CT molecular complexity index is 944. The van der Waals surface area contributed by atoms with Crippen LogP contribution in [0.5, 0.6) is 0 Å². The minimum Gasteiger partial charge on any atom is -0.273 e. The number of nitrogens with one attached hydrogen (secondary N) is 2. The van der Waals surface area contributed by atoms with Crippen LogP contribution < -0.4 is 16.0 Å². The fourth-order valence-electron chi connectivity index (χ4n) is 2.32. The molecule has 144 valence electrons. The van der Waals surface area contributed by atoms with E-state index in [1.807, 2.05) is 24.3 Å². The second-order valence-electron chi connectivity index (χ2n) is 5.86. The third-order valence-electron chi connectivity index (χ3n) is 3.89. The summed E-state index contributed by atoms with van der Waals surface area (Å²) in [6.07, 6.45) is 1.67. The molecule has 9 heteroatoms. The lowest BCUT2D eigenvalue weighted by Crippen LogP contribution is -2.41. The molecule has 7 nitrogen and oxygen atoms in total. The van der Waals surface area contributed by atoms with Gasteiger partial charge in [-0.25, -0.2) is 13.6 Å². The molecule has 0 aliphatic heterocycles. The third kappa shape index (κ3) is 6.06. The zero-order valence-electron chi connectivity index (χ0n) is 14.7. The minimum atomic E-state index is -4.06. The van der Waals surface area contributed by atoms with E-state index in [0.29, 0.717) is 6.42 Å². The fraction of sp³-hybridized carbons (Fsp3) is 0.222. The average Bonchev–Trinajstić information content (AvgIpc) is 2.64. The van der Waals surface area contributed by atoms with Gasteiger partial charge in [0.1, 0.15) is 4.90 Å². The molecule has 2 aromatic rings. The van der Waals surface area contributed by atoms with Crippen LogP contribution in [0.4, 0.5) is 0 Å². The van der Waals surface area contributed by atoms with E-state index in [1.54, 1.807) is 0 Å². The predicted octanol–water partition coefficient (Wildman–Crippen LogP) is 1.94. The van der Waals surface area contributed by atoms with Crippen molar-refractivity contribution in [2.75, 3.05) is 0 Å². The largest absolute Gasteiger partial charge is 0.273 e. The SMILES string of the molecule is CCc1ccc(CCC(=O)NNC(=O)c2ccc(Cl)c(S(N)(=O)=O)c2)cc1. The highest BCUT2D eigenvalue weighted by molar-refractivity contribution is 7.89. The van der Waals surface area contributed by atoms with Gasteiger partial charge in [-0.1, -0.05) is 42.8 Å². The lowest BCUT2D eigenvalue weighted by Gasteiger charge is -2.09. The van der Waals surface area contributed by atoms with Crippen molar-refractivity contribution in [3.63, 3.8) is 0 Å². The molecular weight excluding hydrogens is 390 g/mol. The first-order valence-corrected chi connectivity index (χ1v) is 10.1. The molecule has 0 atom stereocenters. The molecule has 2 amide bonds. The number of carbonyl (C=O) groups excluding carboxylic acids is 2. The average molecular weight is 410 g/mol. The van der Waals surface area contributed by atoms with Gasteiger partial charge in [-0.2, -0.15) is 0 Å². The molecule has 0 spiro atoms. The standard InChI is InChI=1S/C18H20ClN3O4S/c1-2-12-3-5-13(6-4-12)7-10-17(23)21-22-18(24)14-8-9-15(19)16(11-14)27(20,25)26/h3-6,8-9,11H,2,7,10H2,1H3,(H,21,23)(H,22,24)(H2,20,25,26). The summed E-state index contributed by atoms with van der Waals surface area (Å²) >= 11 is 5.77. The van der Waals surface area contributed by atoms with Crippen molar-refractivity contribution >= 4 is 33.4 Å². The monoisotopic (exact) mass is 409 g/mol. The Morgan fingerprint density at radius 2 is 1.67 bits per heavy atom. The van der Waals surface area contributed by atoms with Crippen LogP contribution in [0.3, 0.4) is 0 Å². The van der Waals surface area contributed by atoms with E-state index >= 15 is 0 Å². The molecule has 0 aliphatic rings. The molecule has 0 saturated carbocycles. The number of hydrazine groups is 1. The highest BCUT2D eigenvalue weighted by Crippen LogP contribution is 2.21. The Labute approximate surface area is 162 Å². The summed E-state index contributed by atoms with van der Waals surface area (Å²) in [5, 5.41) is 4.96. The lowest BCUT2D eigenvalue weighted by atomic mass is 10.1. The minimum absolute atomic E-state index is 0.00104. The zero-order valence-corrected chi connectivity index (χ0v) is 16.2. The zero-order chi connectivity index (χ0) is 20.0. The van der Waals surface area contributed by atoms with Gasteiger partial charge in [0.15, 0.2) is 0 Å². The van der Waals surface area contributed by atoms with E-state index in [-0.39, 0.29) is 27.8 Å². The quantitative estimate of drug-likeness (QED) is 0.631. The maximum atomic E-state index is 12.1. The van der Waals surface area contributed by atoms with Gasteiger partial charge in [-0.3, -0.25) is 20.4 Å².